The van der Waals surface area contributed by atoms with Gasteiger partial charge in [-0.25, -0.2) is 0 Å². The molecular formula is C56H82O5PSi+. The number of methoxy groups -OCH3 is 2. The van der Waals surface area contributed by atoms with Crippen LogP contribution in [0.1, 0.15) is 87.1 Å². The molecule has 344 valence electrons. The fraction of sp³-hybridized carbons (Fsp3) is 0.500. The van der Waals surface area contributed by atoms with E-state index >= 15 is 0 Å². The molecule has 0 aromatic heterocycles. The third-order valence-electron chi connectivity index (χ3n) is 13.9. The summed E-state index contributed by atoms with van der Waals surface area (Å²) < 4.78 is 24.7. The van der Waals surface area contributed by atoms with E-state index in [0.29, 0.717) is 18.4 Å². The largest absolute Gasteiger partial charge is 0.497 e. The van der Waals surface area contributed by atoms with E-state index in [-0.39, 0.29) is 47.7 Å². The highest BCUT2D eigenvalue weighted by atomic mass is 31.2. The van der Waals surface area contributed by atoms with Gasteiger partial charge in [0.25, 0.3) is 0 Å². The van der Waals surface area contributed by atoms with Crippen LogP contribution in [0.4, 0.5) is 0 Å². The van der Waals surface area contributed by atoms with Crippen LogP contribution < -0.4 is 20.7 Å². The van der Waals surface area contributed by atoms with Gasteiger partial charge in [0, 0.05) is 24.9 Å². The van der Waals surface area contributed by atoms with Crippen LogP contribution in [-0.2, 0) is 20.8 Å². The molecule has 0 fully saturated rings. The van der Waals surface area contributed by atoms with Crippen LogP contribution in [0.25, 0.3) is 0 Å². The van der Waals surface area contributed by atoms with E-state index < -0.39 is 15.6 Å². The van der Waals surface area contributed by atoms with Crippen molar-refractivity contribution in [1.82, 2.24) is 0 Å². The normalized spacial score (nSPS) is 16.8. The molecule has 0 aliphatic carbocycles. The number of hydrogen-bond acceptors (Lipinski definition) is 5. The molecule has 1 N–H and O–H groups in total. The van der Waals surface area contributed by atoms with Gasteiger partial charge in [-0.1, -0.05) is 146 Å². The molecule has 0 heterocycles. The fourth-order valence-corrected chi connectivity index (χ4v) is 15.1. The third kappa shape index (κ3) is 14.3. The maximum atomic E-state index is 11.7. The number of ether oxygens (including phenoxy) is 4. The average Bonchev–Trinajstić information content (AvgIpc) is 3.27. The summed E-state index contributed by atoms with van der Waals surface area (Å²) in [6.45, 7) is 25.9. The molecular weight excluding hydrogens is 812 g/mol. The third-order valence-corrected chi connectivity index (χ3v) is 22.1. The van der Waals surface area contributed by atoms with Crippen molar-refractivity contribution in [3.63, 3.8) is 0 Å². The summed E-state index contributed by atoms with van der Waals surface area (Å²) in [4.78, 5) is 11.7. The van der Waals surface area contributed by atoms with E-state index in [4.69, 9.17) is 18.9 Å². The van der Waals surface area contributed by atoms with Gasteiger partial charge >= 0.3 is 0 Å². The molecule has 4 rings (SSSR count). The van der Waals surface area contributed by atoms with Crippen LogP contribution >= 0.6 is 7.26 Å². The second-order valence-electron chi connectivity index (χ2n) is 19.6. The highest BCUT2D eigenvalue weighted by Crippen LogP contribution is 2.57. The van der Waals surface area contributed by atoms with Gasteiger partial charge in [0.15, 0.2) is 8.32 Å². The first-order valence-corrected chi connectivity index (χ1v) is 28.4. The Morgan fingerprint density at radius 2 is 1.24 bits per heavy atom. The first-order valence-electron chi connectivity index (χ1n) is 23.4. The zero-order valence-corrected chi connectivity index (χ0v) is 43.0. The number of rotatable bonds is 26. The second-order valence-corrected chi connectivity index (χ2v) is 27.6. The minimum absolute atomic E-state index is 0.0000460. The SMILES string of the molecule is CC/C=C\C(C)[C@H](OCc1ccc(OC)cc1)[C@@H](C)[C@H](CC(C)(C)[Si](C)(C)O)[C@@H](C)C/C(C)=C\[C@H](C)[C@@H](OCOC)C(C)C[P+](c1ccccc1)(c1ccccc1)c1ccccc1. The Hall–Kier alpha value is -3.35. The van der Waals surface area contributed by atoms with Gasteiger partial charge in [-0.05, 0) is 116 Å². The van der Waals surface area contributed by atoms with E-state index in [1.165, 1.54) is 21.5 Å². The lowest BCUT2D eigenvalue weighted by Gasteiger charge is -2.44. The molecule has 0 bridgehead atoms. The van der Waals surface area contributed by atoms with Gasteiger partial charge in [-0.3, -0.25) is 0 Å². The standard InChI is InChI=1S/C56H82O5PSi/c1-14-15-25-43(3)55(60-39-48-32-34-49(59-11)35-33-48)47(7)53(38-56(8,9)63(12,13)57)44(4)36-42(2)37-45(5)54(61-41-58-10)46(6)40-62(50-26-19-16-20-27-50,51-28-21-17-22-29-51)52-30-23-18-24-31-52/h15-35,37,43-47,53-55,57H,14,36,38-41H2,1-13H3/q+1/b25-15-,42-37-/t43?,44-,45-,46?,47-,53+,54+,55-/m0/s1. The Morgan fingerprint density at radius 1 is 0.714 bits per heavy atom. The maximum Gasteiger partial charge on any atom is 0.188 e. The maximum absolute atomic E-state index is 11.7. The van der Waals surface area contributed by atoms with Gasteiger partial charge in [0.1, 0.15) is 35.7 Å². The molecule has 0 aliphatic rings. The van der Waals surface area contributed by atoms with Crippen molar-refractivity contribution in [2.45, 2.75) is 119 Å². The van der Waals surface area contributed by atoms with Crippen molar-refractivity contribution >= 4 is 31.5 Å². The fourth-order valence-electron chi connectivity index (χ4n) is 9.74. The van der Waals surface area contributed by atoms with E-state index in [1.807, 2.05) is 12.1 Å². The lowest BCUT2D eigenvalue weighted by Crippen LogP contribution is -2.44. The highest BCUT2D eigenvalue weighted by Gasteiger charge is 2.48. The number of allylic oxidation sites excluding steroid dienone is 2. The zero-order chi connectivity index (χ0) is 46.2. The summed E-state index contributed by atoms with van der Waals surface area (Å²) in [7, 11) is -1.18. The summed E-state index contributed by atoms with van der Waals surface area (Å²) in [6, 6.07) is 41.7. The van der Waals surface area contributed by atoms with Crippen LogP contribution in [0.5, 0.6) is 5.75 Å². The summed E-state index contributed by atoms with van der Waals surface area (Å²) >= 11 is 0. The monoisotopic (exact) mass is 894 g/mol. The van der Waals surface area contributed by atoms with E-state index in [0.717, 1.165) is 36.7 Å². The van der Waals surface area contributed by atoms with E-state index in [1.54, 1.807) is 14.2 Å². The minimum atomic E-state index is -2.51. The molecule has 4 aromatic carbocycles. The first-order chi connectivity index (χ1) is 30.0. The van der Waals surface area contributed by atoms with Crippen LogP contribution in [0, 0.1) is 35.5 Å². The van der Waals surface area contributed by atoms with Crippen LogP contribution in [0.2, 0.25) is 18.1 Å². The zero-order valence-electron chi connectivity index (χ0n) is 41.1. The van der Waals surface area contributed by atoms with Crippen molar-refractivity contribution < 1.29 is 23.7 Å². The summed E-state index contributed by atoms with van der Waals surface area (Å²) in [6.07, 6.45) is 10.9. The topological polar surface area (TPSA) is 57.2 Å². The van der Waals surface area contributed by atoms with Gasteiger partial charge in [0.05, 0.1) is 32.1 Å². The lowest BCUT2D eigenvalue weighted by atomic mass is 9.71. The Morgan fingerprint density at radius 3 is 1.70 bits per heavy atom. The minimum Gasteiger partial charge on any atom is -0.497 e. The Bertz CT molecular complexity index is 1850. The van der Waals surface area contributed by atoms with Crippen LogP contribution in [0.15, 0.2) is 139 Å². The molecule has 63 heavy (non-hydrogen) atoms. The van der Waals surface area contributed by atoms with Crippen molar-refractivity contribution in [2.75, 3.05) is 27.2 Å². The smallest absolute Gasteiger partial charge is 0.188 e. The quantitative estimate of drug-likeness (QED) is 0.0295. The molecule has 0 aliphatic heterocycles. The molecule has 2 unspecified atom stereocenters. The summed E-state index contributed by atoms with van der Waals surface area (Å²) in [5.74, 6) is 2.31. The van der Waals surface area contributed by atoms with Crippen molar-refractivity contribution in [2.24, 2.45) is 35.5 Å². The average molecular weight is 894 g/mol. The summed E-state index contributed by atoms with van der Waals surface area (Å²) in [5.41, 5.74) is 2.50. The molecule has 8 atom stereocenters. The molecule has 5 nitrogen and oxygen atoms in total. The van der Waals surface area contributed by atoms with Gasteiger partial charge in [-0.2, -0.15) is 0 Å². The predicted octanol–water partition coefficient (Wildman–Crippen LogP) is 13.0. The molecule has 0 spiro atoms. The van der Waals surface area contributed by atoms with Crippen LogP contribution in [-0.4, -0.2) is 52.5 Å². The molecule has 0 amide bonds. The molecule has 0 saturated heterocycles. The van der Waals surface area contributed by atoms with E-state index in [2.05, 4.69) is 197 Å². The van der Waals surface area contributed by atoms with Gasteiger partial charge in [0.2, 0.25) is 0 Å². The molecule has 4 aromatic rings. The Balaban J connectivity index is 1.69. The summed E-state index contributed by atoms with van der Waals surface area (Å²) in [5, 5.41) is 3.97. The van der Waals surface area contributed by atoms with Crippen molar-refractivity contribution in [1.29, 1.82) is 0 Å². The molecule has 0 saturated carbocycles. The highest BCUT2D eigenvalue weighted by molar-refractivity contribution is 7.95. The first kappa shape index (κ1) is 52.3. The van der Waals surface area contributed by atoms with E-state index in [9.17, 15) is 4.80 Å². The molecule has 0 radical (unpaired) electrons. The van der Waals surface area contributed by atoms with Gasteiger partial charge < -0.3 is 23.7 Å². The lowest BCUT2D eigenvalue weighted by molar-refractivity contribution is -0.0981. The number of hydrogen-bond donors (Lipinski definition) is 1. The van der Waals surface area contributed by atoms with Crippen molar-refractivity contribution in [3.8, 4) is 5.75 Å². The number of benzene rings is 4. The van der Waals surface area contributed by atoms with Crippen LogP contribution in [0.3, 0.4) is 0 Å². The Kier molecular flexibility index (Phi) is 20.6. The predicted molar refractivity (Wildman–Crippen MR) is 274 cm³/mol. The Labute approximate surface area is 385 Å². The van der Waals surface area contributed by atoms with Crippen molar-refractivity contribution in [3.05, 3.63) is 145 Å². The van der Waals surface area contributed by atoms with Gasteiger partial charge in [-0.15, -0.1) is 0 Å². The second kappa shape index (κ2) is 24.8. The molecule has 7 heteroatoms.